The van der Waals surface area contributed by atoms with E-state index in [1.54, 1.807) is 0 Å². The highest BCUT2D eigenvalue weighted by molar-refractivity contribution is 6.19. The van der Waals surface area contributed by atoms with Gasteiger partial charge in [-0.3, -0.25) is 0 Å². The molecule has 9 heavy (non-hydrogen) atoms. The minimum Gasteiger partial charge on any atom is -0.362 e. The summed E-state index contributed by atoms with van der Waals surface area (Å²) in [4.78, 5) is 0. The van der Waals surface area contributed by atoms with Gasteiger partial charge < -0.3 is 4.74 Å². The molecule has 2 heteroatoms. The Morgan fingerprint density at radius 3 is 2.89 bits per heavy atom. The second-order valence-electron chi connectivity index (χ2n) is 2.53. The van der Waals surface area contributed by atoms with E-state index < -0.39 is 0 Å². The summed E-state index contributed by atoms with van der Waals surface area (Å²) in [6.07, 6.45) is 3.57. The van der Waals surface area contributed by atoms with Crippen LogP contribution in [-0.2, 0) is 4.74 Å². The first-order chi connectivity index (χ1) is 4.34. The average Bonchev–Trinajstić information content (AvgIpc) is 1.89. The van der Waals surface area contributed by atoms with Gasteiger partial charge in [-0.1, -0.05) is 18.5 Å². The molecule has 2 atom stereocenters. The molecule has 0 amide bonds. The van der Waals surface area contributed by atoms with Gasteiger partial charge in [0.25, 0.3) is 0 Å². The molecule has 1 aliphatic heterocycles. The maximum Gasteiger partial charge on any atom is 0.133 e. The van der Waals surface area contributed by atoms with Crippen LogP contribution < -0.4 is 0 Å². The van der Waals surface area contributed by atoms with E-state index in [-0.39, 0.29) is 5.56 Å². The van der Waals surface area contributed by atoms with Gasteiger partial charge in [-0.2, -0.15) is 0 Å². The zero-order chi connectivity index (χ0) is 6.69. The number of halogens is 1. The summed E-state index contributed by atoms with van der Waals surface area (Å²) < 4.78 is 5.25. The Morgan fingerprint density at radius 1 is 1.67 bits per heavy atom. The van der Waals surface area contributed by atoms with Gasteiger partial charge in [-0.15, -0.1) is 0 Å². The summed E-state index contributed by atoms with van der Waals surface area (Å²) in [6, 6.07) is 0. The van der Waals surface area contributed by atoms with E-state index in [1.165, 1.54) is 12.8 Å². The molecule has 0 aromatic carbocycles. The van der Waals surface area contributed by atoms with Crippen LogP contribution >= 0.6 is 11.6 Å². The number of ether oxygens (including phenoxy) is 1. The average molecular weight is 149 g/mol. The molecule has 2 unspecified atom stereocenters. The molecule has 0 spiro atoms. The van der Waals surface area contributed by atoms with Gasteiger partial charge in [0.1, 0.15) is 5.56 Å². The lowest BCUT2D eigenvalue weighted by atomic mass is 10.00. The first-order valence-corrected chi connectivity index (χ1v) is 4.04. The van der Waals surface area contributed by atoms with Crippen LogP contribution in [0.15, 0.2) is 0 Å². The van der Waals surface area contributed by atoms with Gasteiger partial charge in [0.05, 0.1) is 0 Å². The van der Waals surface area contributed by atoms with Gasteiger partial charge in [0, 0.05) is 6.61 Å². The fraction of sp³-hybridized carbons (Fsp3) is 1.00. The third-order valence-corrected chi connectivity index (χ3v) is 2.37. The summed E-state index contributed by atoms with van der Waals surface area (Å²) in [6.45, 7) is 3.01. The van der Waals surface area contributed by atoms with E-state index in [0.717, 1.165) is 13.0 Å². The Kier molecular flexibility index (Phi) is 2.80. The second-order valence-corrected chi connectivity index (χ2v) is 2.96. The van der Waals surface area contributed by atoms with Crippen molar-refractivity contribution in [2.24, 2.45) is 5.92 Å². The normalized spacial score (nSPS) is 36.7. The molecule has 1 heterocycles. The Hall–Kier alpha value is 0.250. The number of rotatable bonds is 1. The van der Waals surface area contributed by atoms with E-state index in [0.29, 0.717) is 5.92 Å². The van der Waals surface area contributed by atoms with Crippen LogP contribution in [0.25, 0.3) is 0 Å². The van der Waals surface area contributed by atoms with Crippen LogP contribution in [0.4, 0.5) is 0 Å². The lowest BCUT2D eigenvalue weighted by molar-refractivity contribution is 0.0240. The van der Waals surface area contributed by atoms with Crippen LogP contribution in [0.1, 0.15) is 26.2 Å². The van der Waals surface area contributed by atoms with Gasteiger partial charge in [0.2, 0.25) is 0 Å². The minimum atomic E-state index is -0.0104. The summed E-state index contributed by atoms with van der Waals surface area (Å²) in [5, 5.41) is 0. The molecule has 1 fully saturated rings. The van der Waals surface area contributed by atoms with E-state index in [4.69, 9.17) is 16.3 Å². The van der Waals surface area contributed by atoms with Crippen LogP contribution in [0.2, 0.25) is 0 Å². The number of hydrogen-bond donors (Lipinski definition) is 0. The zero-order valence-corrected chi connectivity index (χ0v) is 6.53. The van der Waals surface area contributed by atoms with Crippen molar-refractivity contribution < 1.29 is 4.74 Å². The van der Waals surface area contributed by atoms with E-state index in [1.807, 2.05) is 0 Å². The molecule has 0 aliphatic carbocycles. The molecule has 0 saturated carbocycles. The molecule has 0 N–H and O–H groups in total. The molecule has 0 radical (unpaired) electrons. The molecular weight excluding hydrogens is 136 g/mol. The predicted molar refractivity (Wildman–Crippen MR) is 38.6 cm³/mol. The summed E-state index contributed by atoms with van der Waals surface area (Å²) in [7, 11) is 0. The first kappa shape index (κ1) is 7.36. The molecule has 0 aromatic heterocycles. The van der Waals surface area contributed by atoms with Crippen molar-refractivity contribution in [2.75, 3.05) is 6.61 Å². The van der Waals surface area contributed by atoms with Crippen LogP contribution in [0.3, 0.4) is 0 Å². The number of alkyl halides is 1. The lowest BCUT2D eigenvalue weighted by Crippen LogP contribution is -2.23. The number of hydrogen-bond acceptors (Lipinski definition) is 1. The zero-order valence-electron chi connectivity index (χ0n) is 5.77. The van der Waals surface area contributed by atoms with E-state index in [9.17, 15) is 0 Å². The van der Waals surface area contributed by atoms with Crippen LogP contribution in [-0.4, -0.2) is 12.2 Å². The van der Waals surface area contributed by atoms with Crippen LogP contribution in [0.5, 0.6) is 0 Å². The fourth-order valence-corrected chi connectivity index (χ4v) is 1.59. The molecule has 1 nitrogen and oxygen atoms in total. The smallest absolute Gasteiger partial charge is 0.133 e. The van der Waals surface area contributed by atoms with Crippen molar-refractivity contribution in [1.29, 1.82) is 0 Å². The molecule has 0 bridgehead atoms. The van der Waals surface area contributed by atoms with Gasteiger partial charge >= 0.3 is 0 Å². The standard InChI is InChI=1S/C7H13ClO/c1-2-6-4-3-5-9-7(6)8/h6-7H,2-5H2,1H3. The monoisotopic (exact) mass is 148 g/mol. The highest BCUT2D eigenvalue weighted by Crippen LogP contribution is 2.25. The highest BCUT2D eigenvalue weighted by atomic mass is 35.5. The third-order valence-electron chi connectivity index (χ3n) is 1.89. The van der Waals surface area contributed by atoms with Crippen molar-refractivity contribution >= 4 is 11.6 Å². The molecule has 0 aromatic rings. The Balaban J connectivity index is 2.30. The molecule has 1 aliphatic rings. The van der Waals surface area contributed by atoms with Crippen molar-refractivity contribution in [3.05, 3.63) is 0 Å². The topological polar surface area (TPSA) is 9.23 Å². The van der Waals surface area contributed by atoms with E-state index in [2.05, 4.69) is 6.92 Å². The fourth-order valence-electron chi connectivity index (χ4n) is 1.20. The van der Waals surface area contributed by atoms with Crippen molar-refractivity contribution in [2.45, 2.75) is 31.7 Å². The maximum absolute atomic E-state index is 5.86. The highest BCUT2D eigenvalue weighted by Gasteiger charge is 2.21. The minimum absolute atomic E-state index is 0.0104. The SMILES string of the molecule is CCC1CCCOC1Cl. The Bertz CT molecular complexity index is 85.0. The van der Waals surface area contributed by atoms with Crippen molar-refractivity contribution in [3.63, 3.8) is 0 Å². The van der Waals surface area contributed by atoms with Gasteiger partial charge in [-0.05, 0) is 25.2 Å². The van der Waals surface area contributed by atoms with Crippen LogP contribution in [0, 0.1) is 5.92 Å². The Morgan fingerprint density at radius 2 is 2.44 bits per heavy atom. The molecule has 1 saturated heterocycles. The lowest BCUT2D eigenvalue weighted by Gasteiger charge is -2.25. The maximum atomic E-state index is 5.86. The van der Waals surface area contributed by atoms with Crippen molar-refractivity contribution in [1.82, 2.24) is 0 Å². The molecule has 54 valence electrons. The van der Waals surface area contributed by atoms with Gasteiger partial charge in [0.15, 0.2) is 0 Å². The first-order valence-electron chi connectivity index (χ1n) is 3.60. The molecule has 1 rings (SSSR count). The van der Waals surface area contributed by atoms with E-state index >= 15 is 0 Å². The predicted octanol–water partition coefficient (Wildman–Crippen LogP) is 2.39. The quantitative estimate of drug-likeness (QED) is 0.519. The summed E-state index contributed by atoms with van der Waals surface area (Å²) in [5.74, 6) is 0.598. The largest absolute Gasteiger partial charge is 0.362 e. The Labute approximate surface area is 61.3 Å². The second kappa shape index (κ2) is 3.43. The van der Waals surface area contributed by atoms with Gasteiger partial charge in [-0.25, -0.2) is 0 Å². The molecular formula is C7H13ClO. The third kappa shape index (κ3) is 1.84. The van der Waals surface area contributed by atoms with Crippen molar-refractivity contribution in [3.8, 4) is 0 Å². The summed E-state index contributed by atoms with van der Waals surface area (Å²) >= 11 is 5.86. The summed E-state index contributed by atoms with van der Waals surface area (Å²) in [5.41, 5.74) is -0.0104.